The summed E-state index contributed by atoms with van der Waals surface area (Å²) in [7, 11) is -2.28. The predicted octanol–water partition coefficient (Wildman–Crippen LogP) is -12.7. The van der Waals surface area contributed by atoms with E-state index in [1.54, 1.807) is 0 Å². The molecule has 0 aromatic carbocycles. The fourth-order valence-electron chi connectivity index (χ4n) is 0. The van der Waals surface area contributed by atoms with Crippen LogP contribution in [0.1, 0.15) is 0 Å². The van der Waals surface area contributed by atoms with E-state index in [1.807, 2.05) is 0 Å². The fraction of sp³-hybridized carbons (Fsp3) is 0. The summed E-state index contributed by atoms with van der Waals surface area (Å²) in [6.45, 7) is 0. The Hall–Kier alpha value is 7.39. The zero-order valence-electron chi connectivity index (χ0n) is 6.04. The predicted molar refractivity (Wildman–Crippen MR) is 23.6 cm³/mol. The topological polar surface area (TPSA) is 46.1 Å². The molecule has 0 fully saturated rings. The normalized spacial score (nSPS) is 3.89. The Balaban J connectivity index is -0.00000000450. The smallest absolute Gasteiger partial charge is 1.00 e. The van der Waals surface area contributed by atoms with E-state index in [9.17, 15) is 0 Å². The molecule has 2 nitrogen and oxygen atoms in total. The molecule has 0 N–H and O–H groups in total. The van der Waals surface area contributed by atoms with Crippen LogP contribution in [0.2, 0.25) is 0 Å². The second kappa shape index (κ2) is 29.5. The second-order valence-electron chi connectivity index (χ2n) is 0.204. The van der Waals surface area contributed by atoms with Crippen molar-refractivity contribution in [2.75, 3.05) is 0 Å². The monoisotopic (exact) mass is 284 g/mol. The molecule has 0 aliphatic heterocycles. The minimum absolute atomic E-state index is 0. The van der Waals surface area contributed by atoms with Gasteiger partial charge in [0.2, 0.25) is 0 Å². The van der Waals surface area contributed by atoms with Gasteiger partial charge in [-0.3, -0.25) is 0 Å². The third kappa shape index (κ3) is 50.5. The summed E-state index contributed by atoms with van der Waals surface area (Å²) in [6, 6.07) is 0. The Morgan fingerprint density at radius 3 is 0.889 bits per heavy atom. The van der Waals surface area contributed by atoms with Crippen LogP contribution in [-0.2, 0) is 34.7 Å². The molecule has 0 heterocycles. The van der Waals surface area contributed by atoms with Gasteiger partial charge < -0.3 is 32.6 Å². The van der Waals surface area contributed by atoms with E-state index in [1.165, 1.54) is 0 Å². The molecular weight excluding hydrogens is 285 g/mol. The maximum atomic E-state index is 8.81. The molecule has 0 atom stereocenters. The molecule has 0 rings (SSSR count). The van der Waals surface area contributed by atoms with E-state index < -0.39 is 10.0 Å². The molecular formula is K4O2S3. The van der Waals surface area contributed by atoms with E-state index in [2.05, 4.69) is 11.2 Å². The number of hydrogen-bond acceptors (Lipinski definition) is 3. The summed E-state index contributed by atoms with van der Waals surface area (Å²) in [5.74, 6) is 0. The molecule has 34 valence electrons. The Labute approximate surface area is 240 Å². The van der Waals surface area contributed by atoms with Crippen LogP contribution in [0.4, 0.5) is 0 Å². The summed E-state index contributed by atoms with van der Waals surface area (Å²) in [5, 5.41) is 0. The molecule has 0 radical (unpaired) electrons. The van der Waals surface area contributed by atoms with Gasteiger partial charge in [-0.05, 0) is 0 Å². The van der Waals surface area contributed by atoms with Gasteiger partial charge in [0.05, 0.1) is 0 Å². The van der Waals surface area contributed by atoms with Crippen molar-refractivity contribution in [1.29, 1.82) is 0 Å². The molecule has 0 aliphatic carbocycles. The minimum Gasteiger partial charge on any atom is -2.00 e. The van der Waals surface area contributed by atoms with Crippen LogP contribution in [-0.4, -0.2) is 9.11 Å². The van der Waals surface area contributed by atoms with Crippen molar-refractivity contribution in [3.8, 4) is 0 Å². The molecule has 0 spiro atoms. The minimum atomic E-state index is -2.28. The van der Waals surface area contributed by atoms with Crippen LogP contribution in [0.3, 0.4) is 0 Å². The van der Waals surface area contributed by atoms with Crippen molar-refractivity contribution in [2.45, 2.75) is 0 Å². The van der Waals surface area contributed by atoms with Crippen LogP contribution in [0.15, 0.2) is 0 Å². The Morgan fingerprint density at radius 1 is 0.889 bits per heavy atom. The van der Waals surface area contributed by atoms with Crippen LogP contribution < -0.4 is 206 Å². The zero-order valence-corrected chi connectivity index (χ0v) is 21.0. The van der Waals surface area contributed by atoms with E-state index >= 15 is 0 Å². The maximum absolute atomic E-state index is 8.81. The van der Waals surface area contributed by atoms with E-state index in [0.717, 1.165) is 0 Å². The van der Waals surface area contributed by atoms with Crippen LogP contribution >= 0.6 is 0 Å². The van der Waals surface area contributed by atoms with E-state index in [0.29, 0.717) is 0 Å². The van der Waals surface area contributed by atoms with Crippen LogP contribution in [0, 0.1) is 0 Å². The van der Waals surface area contributed by atoms with Crippen molar-refractivity contribution in [1.82, 2.24) is 0 Å². The molecule has 0 unspecified atom stereocenters. The SMILES string of the molecule is [K+].[K+].[K+].[K+].[O-]S([O-])=S.[S-2]. The summed E-state index contributed by atoms with van der Waals surface area (Å²) in [6.07, 6.45) is 0. The van der Waals surface area contributed by atoms with Crippen molar-refractivity contribution in [3.05, 3.63) is 0 Å². The van der Waals surface area contributed by atoms with Gasteiger partial charge in [-0.15, -0.1) is 0 Å². The van der Waals surface area contributed by atoms with E-state index in [-0.39, 0.29) is 219 Å². The first-order chi connectivity index (χ1) is 1.73. The molecule has 0 aliphatic rings. The van der Waals surface area contributed by atoms with Gasteiger partial charge in [0, 0.05) is 0 Å². The quantitative estimate of drug-likeness (QED) is 0.415. The number of hydrogen-bond donors (Lipinski definition) is 0. The Kier molecular flexibility index (Phi) is 118. The van der Waals surface area contributed by atoms with Gasteiger partial charge in [-0.1, -0.05) is 11.2 Å². The van der Waals surface area contributed by atoms with Crippen molar-refractivity contribution < 1.29 is 215 Å². The van der Waals surface area contributed by atoms with Crippen molar-refractivity contribution >= 4 is 34.7 Å². The van der Waals surface area contributed by atoms with Crippen LogP contribution in [0.5, 0.6) is 0 Å². The average Bonchev–Trinajstić information content (AvgIpc) is 0.811. The van der Waals surface area contributed by atoms with Gasteiger partial charge in [0.15, 0.2) is 0 Å². The molecule has 0 aromatic heterocycles. The van der Waals surface area contributed by atoms with Gasteiger partial charge in [0.25, 0.3) is 0 Å². The third-order valence-electron chi connectivity index (χ3n) is 0. The fourth-order valence-corrected chi connectivity index (χ4v) is 0. The molecule has 0 aromatic rings. The molecule has 0 bridgehead atoms. The molecule has 0 amide bonds. The zero-order chi connectivity index (χ0) is 3.58. The summed E-state index contributed by atoms with van der Waals surface area (Å²) in [4.78, 5) is 0. The molecule has 9 heteroatoms. The van der Waals surface area contributed by atoms with E-state index in [4.69, 9.17) is 9.11 Å². The maximum Gasteiger partial charge on any atom is 1.00 e. The number of rotatable bonds is 0. The van der Waals surface area contributed by atoms with Crippen LogP contribution in [0.25, 0.3) is 0 Å². The molecule has 9 heavy (non-hydrogen) atoms. The van der Waals surface area contributed by atoms with Gasteiger partial charge in [-0.25, -0.2) is 0 Å². The largest absolute Gasteiger partial charge is 2.00 e. The summed E-state index contributed by atoms with van der Waals surface area (Å²) >= 11 is 3.54. The molecule has 0 saturated heterocycles. The first-order valence-corrected chi connectivity index (χ1v) is 2.50. The first-order valence-electron chi connectivity index (χ1n) is 0.500. The van der Waals surface area contributed by atoms with Crippen molar-refractivity contribution in [3.63, 3.8) is 0 Å². The van der Waals surface area contributed by atoms with Gasteiger partial charge >= 0.3 is 206 Å². The standard InChI is InChI=1S/4K.H2O2S2.S/c;;;;1-4(2)3;/h;;;;(H2,1,2,3);/q4*+1;;-2/p-2. The van der Waals surface area contributed by atoms with Gasteiger partial charge in [0.1, 0.15) is 0 Å². The Bertz CT molecular complexity index is 36.8. The average molecular weight is 285 g/mol. The summed E-state index contributed by atoms with van der Waals surface area (Å²) < 4.78 is 17.6. The second-order valence-corrected chi connectivity index (χ2v) is 1.43. The Morgan fingerprint density at radius 2 is 0.889 bits per heavy atom. The molecule has 0 saturated carbocycles. The third-order valence-corrected chi connectivity index (χ3v) is 0. The summed E-state index contributed by atoms with van der Waals surface area (Å²) in [5.41, 5.74) is 0. The van der Waals surface area contributed by atoms with Gasteiger partial charge in [-0.2, -0.15) is 0 Å². The van der Waals surface area contributed by atoms with Crippen molar-refractivity contribution in [2.24, 2.45) is 0 Å². The first kappa shape index (κ1) is 36.0.